The predicted molar refractivity (Wildman–Crippen MR) is 74.1 cm³/mol. The first-order valence-electron chi connectivity index (χ1n) is 5.17. The number of benzene rings is 1. The zero-order chi connectivity index (χ0) is 12.5. The number of hydrogen-bond acceptors (Lipinski definition) is 3. The molecule has 1 saturated heterocycles. The van der Waals surface area contributed by atoms with Gasteiger partial charge in [-0.05, 0) is 17.7 Å². The fourth-order valence-electron chi connectivity index (χ4n) is 1.71. The van der Waals surface area contributed by atoms with E-state index < -0.39 is 9.84 Å². The molecule has 17 heavy (non-hydrogen) atoms. The van der Waals surface area contributed by atoms with Crippen molar-refractivity contribution in [1.29, 1.82) is 0 Å². The van der Waals surface area contributed by atoms with Gasteiger partial charge in [-0.2, -0.15) is 0 Å². The molecule has 94 valence electrons. The van der Waals surface area contributed by atoms with Gasteiger partial charge in [0.1, 0.15) is 0 Å². The van der Waals surface area contributed by atoms with Gasteiger partial charge in [-0.15, -0.1) is 0 Å². The summed E-state index contributed by atoms with van der Waals surface area (Å²) in [6, 6.07) is 7.79. The van der Waals surface area contributed by atoms with Crippen molar-refractivity contribution in [3.63, 3.8) is 0 Å². The van der Waals surface area contributed by atoms with E-state index in [-0.39, 0.29) is 22.4 Å². The molecule has 0 aliphatic carbocycles. The van der Waals surface area contributed by atoms with E-state index in [0.717, 1.165) is 10.0 Å². The Morgan fingerprint density at radius 1 is 1.24 bits per heavy atom. The fraction of sp³-hybridized carbons (Fsp3) is 0.455. The Hall–Kier alpha value is 0.0900. The molecule has 0 spiro atoms. The highest BCUT2D eigenvalue weighted by atomic mass is 79.9. The Morgan fingerprint density at radius 2 is 1.88 bits per heavy atom. The van der Waals surface area contributed by atoms with Crippen molar-refractivity contribution in [2.45, 2.75) is 17.5 Å². The van der Waals surface area contributed by atoms with E-state index in [4.69, 9.17) is 4.74 Å². The SMILES string of the molecule is O=S1(=O)CC(Br)C(OCc2ccc(Br)cc2)C1. The summed E-state index contributed by atoms with van der Waals surface area (Å²) in [7, 11) is -2.94. The smallest absolute Gasteiger partial charge is 0.154 e. The zero-order valence-electron chi connectivity index (χ0n) is 8.97. The maximum atomic E-state index is 11.4. The molecule has 1 aromatic rings. The van der Waals surface area contributed by atoms with Gasteiger partial charge in [-0.25, -0.2) is 8.42 Å². The molecule has 3 nitrogen and oxygen atoms in total. The van der Waals surface area contributed by atoms with Crippen molar-refractivity contribution in [3.05, 3.63) is 34.3 Å². The largest absolute Gasteiger partial charge is 0.371 e. The van der Waals surface area contributed by atoms with Crippen LogP contribution in [0.2, 0.25) is 0 Å². The van der Waals surface area contributed by atoms with Crippen molar-refractivity contribution in [2.75, 3.05) is 11.5 Å². The summed E-state index contributed by atoms with van der Waals surface area (Å²) in [6.07, 6.45) is -0.247. The van der Waals surface area contributed by atoms with Crippen LogP contribution in [-0.4, -0.2) is 30.9 Å². The molecule has 0 amide bonds. The minimum Gasteiger partial charge on any atom is -0.371 e. The second kappa shape index (κ2) is 5.38. The summed E-state index contributed by atoms with van der Waals surface area (Å²) >= 11 is 6.71. The van der Waals surface area contributed by atoms with Crippen LogP contribution in [0.5, 0.6) is 0 Å². The molecule has 6 heteroatoms. The first kappa shape index (κ1) is 13.5. The topological polar surface area (TPSA) is 43.4 Å². The van der Waals surface area contributed by atoms with E-state index in [1.165, 1.54) is 0 Å². The lowest BCUT2D eigenvalue weighted by molar-refractivity contribution is 0.0625. The molecule has 1 aliphatic rings. The number of alkyl halides is 1. The molecule has 1 aromatic carbocycles. The van der Waals surface area contributed by atoms with E-state index in [1.54, 1.807) is 0 Å². The van der Waals surface area contributed by atoms with Crippen LogP contribution in [0.1, 0.15) is 5.56 Å². The summed E-state index contributed by atoms with van der Waals surface area (Å²) in [5, 5.41) is 0. The summed E-state index contributed by atoms with van der Waals surface area (Å²) in [5.41, 5.74) is 1.04. The van der Waals surface area contributed by atoms with E-state index in [0.29, 0.717) is 6.61 Å². The summed E-state index contributed by atoms with van der Waals surface area (Å²) in [4.78, 5) is -0.0945. The first-order valence-corrected chi connectivity index (χ1v) is 8.70. The zero-order valence-corrected chi connectivity index (χ0v) is 13.0. The molecule has 0 N–H and O–H groups in total. The third-order valence-electron chi connectivity index (χ3n) is 2.61. The monoisotopic (exact) mass is 382 g/mol. The van der Waals surface area contributed by atoms with Gasteiger partial charge in [0, 0.05) is 4.47 Å². The normalized spacial score (nSPS) is 27.2. The minimum atomic E-state index is -2.94. The van der Waals surface area contributed by atoms with Gasteiger partial charge < -0.3 is 4.74 Å². The molecule has 2 atom stereocenters. The van der Waals surface area contributed by atoms with Crippen LogP contribution in [0.4, 0.5) is 0 Å². The summed E-state index contributed by atoms with van der Waals surface area (Å²) in [5.74, 6) is 0.275. The fourth-order valence-corrected chi connectivity index (χ4v) is 5.43. The molecule has 0 bridgehead atoms. The molecule has 2 rings (SSSR count). The molecule has 1 fully saturated rings. The van der Waals surface area contributed by atoms with Crippen molar-refractivity contribution in [2.24, 2.45) is 0 Å². The van der Waals surface area contributed by atoms with Crippen molar-refractivity contribution < 1.29 is 13.2 Å². The Morgan fingerprint density at radius 3 is 2.41 bits per heavy atom. The van der Waals surface area contributed by atoms with Crippen LogP contribution in [-0.2, 0) is 21.2 Å². The average Bonchev–Trinajstić information content (AvgIpc) is 2.51. The lowest BCUT2D eigenvalue weighted by atomic mass is 10.2. The van der Waals surface area contributed by atoms with E-state index in [2.05, 4.69) is 31.9 Å². The Kier molecular flexibility index (Phi) is 4.28. The van der Waals surface area contributed by atoms with E-state index in [9.17, 15) is 8.42 Å². The second-order valence-corrected chi connectivity index (χ2v) is 8.31. The van der Waals surface area contributed by atoms with Crippen LogP contribution >= 0.6 is 31.9 Å². The van der Waals surface area contributed by atoms with Crippen LogP contribution < -0.4 is 0 Å². The Balaban J connectivity index is 1.93. The quantitative estimate of drug-likeness (QED) is 0.753. The summed E-state index contributed by atoms with van der Waals surface area (Å²) < 4.78 is 29.4. The lowest BCUT2D eigenvalue weighted by Gasteiger charge is -2.13. The number of sulfone groups is 1. The van der Waals surface area contributed by atoms with Crippen LogP contribution in [0.3, 0.4) is 0 Å². The number of ether oxygens (including phenoxy) is 1. The van der Waals surface area contributed by atoms with Gasteiger partial charge >= 0.3 is 0 Å². The van der Waals surface area contributed by atoms with Crippen LogP contribution in [0.25, 0.3) is 0 Å². The first-order chi connectivity index (χ1) is 7.96. The highest BCUT2D eigenvalue weighted by Crippen LogP contribution is 2.23. The van der Waals surface area contributed by atoms with Crippen LogP contribution in [0, 0.1) is 0 Å². The van der Waals surface area contributed by atoms with Gasteiger partial charge in [-0.1, -0.05) is 44.0 Å². The standard InChI is InChI=1S/C11H12Br2O3S/c12-9-3-1-8(2-4-9)5-16-11-7-17(14,15)6-10(11)13/h1-4,10-11H,5-7H2. The Labute approximate surface area is 118 Å². The summed E-state index contributed by atoms with van der Waals surface area (Å²) in [6.45, 7) is 0.440. The maximum Gasteiger partial charge on any atom is 0.154 e. The third-order valence-corrected chi connectivity index (χ3v) is 6.19. The van der Waals surface area contributed by atoms with Gasteiger partial charge in [0.05, 0.1) is 29.0 Å². The van der Waals surface area contributed by atoms with Gasteiger partial charge in [0.25, 0.3) is 0 Å². The van der Waals surface area contributed by atoms with Crippen LogP contribution in [0.15, 0.2) is 28.7 Å². The molecular formula is C11H12Br2O3S. The maximum absolute atomic E-state index is 11.4. The highest BCUT2D eigenvalue weighted by Gasteiger charge is 2.36. The molecule has 0 aromatic heterocycles. The molecule has 0 saturated carbocycles. The van der Waals surface area contributed by atoms with Crippen molar-refractivity contribution >= 4 is 41.7 Å². The van der Waals surface area contributed by atoms with Gasteiger partial charge in [0.15, 0.2) is 9.84 Å². The average molecular weight is 384 g/mol. The molecule has 2 unspecified atom stereocenters. The molecule has 0 radical (unpaired) electrons. The molecule has 1 aliphatic heterocycles. The Bertz CT molecular complexity index is 484. The number of hydrogen-bond donors (Lipinski definition) is 0. The van der Waals surface area contributed by atoms with E-state index in [1.807, 2.05) is 24.3 Å². The van der Waals surface area contributed by atoms with E-state index >= 15 is 0 Å². The van der Waals surface area contributed by atoms with Gasteiger partial charge in [0.2, 0.25) is 0 Å². The highest BCUT2D eigenvalue weighted by molar-refractivity contribution is 9.10. The minimum absolute atomic E-state index is 0.0945. The second-order valence-electron chi connectivity index (χ2n) is 4.07. The van der Waals surface area contributed by atoms with Crippen molar-refractivity contribution in [3.8, 4) is 0 Å². The molecular weight excluding hydrogens is 372 g/mol. The van der Waals surface area contributed by atoms with Gasteiger partial charge in [-0.3, -0.25) is 0 Å². The lowest BCUT2D eigenvalue weighted by Crippen LogP contribution is -2.22. The molecule has 1 heterocycles. The van der Waals surface area contributed by atoms with Crippen molar-refractivity contribution in [1.82, 2.24) is 0 Å². The number of rotatable bonds is 3. The third kappa shape index (κ3) is 3.77. The predicted octanol–water partition coefficient (Wildman–Crippen LogP) is 2.53. The number of halogens is 2.